The fraction of sp³-hybridized carbons (Fsp3) is 0.391. The molecule has 0 fully saturated rings. The third-order valence-electron chi connectivity index (χ3n) is 5.12. The topological polar surface area (TPSA) is 86.8 Å². The Kier molecular flexibility index (Phi) is 9.65. The van der Waals surface area contributed by atoms with Gasteiger partial charge in [0.1, 0.15) is 12.6 Å². The second-order valence-corrected chi connectivity index (χ2v) is 11.4. The zero-order chi connectivity index (χ0) is 25.8. The zero-order valence-corrected chi connectivity index (χ0v) is 22.7. The molecule has 11 heteroatoms. The molecule has 0 aromatic heterocycles. The number of sulfonamides is 1. The largest absolute Gasteiger partial charge is 0.352 e. The summed E-state index contributed by atoms with van der Waals surface area (Å²) in [5.41, 5.74) is 1.44. The van der Waals surface area contributed by atoms with Gasteiger partial charge in [0.2, 0.25) is 21.8 Å². The van der Waals surface area contributed by atoms with E-state index in [9.17, 15) is 18.0 Å². The maximum absolute atomic E-state index is 13.5. The average molecular weight is 549 g/mol. The number of hydrogen-bond acceptors (Lipinski definition) is 4. The summed E-state index contributed by atoms with van der Waals surface area (Å²) in [7, 11) is -3.85. The van der Waals surface area contributed by atoms with Gasteiger partial charge in [0.15, 0.2) is 0 Å². The van der Waals surface area contributed by atoms with Gasteiger partial charge in [-0.2, -0.15) is 0 Å². The number of benzene rings is 2. The highest BCUT2D eigenvalue weighted by Gasteiger charge is 2.31. The van der Waals surface area contributed by atoms with Gasteiger partial charge in [-0.05, 0) is 63.1 Å². The van der Waals surface area contributed by atoms with Crippen LogP contribution in [0.25, 0.3) is 0 Å². The average Bonchev–Trinajstić information content (AvgIpc) is 2.73. The molecule has 2 amide bonds. The number of nitrogens with zero attached hydrogens (tertiary/aromatic N) is 2. The molecule has 186 valence electrons. The Morgan fingerprint density at radius 3 is 2.21 bits per heavy atom. The van der Waals surface area contributed by atoms with Crippen molar-refractivity contribution in [2.45, 2.75) is 46.3 Å². The first-order chi connectivity index (χ1) is 15.7. The first kappa shape index (κ1) is 28.2. The van der Waals surface area contributed by atoms with Crippen molar-refractivity contribution < 1.29 is 18.0 Å². The fourth-order valence-corrected chi connectivity index (χ4v) is 4.67. The van der Waals surface area contributed by atoms with Crippen LogP contribution in [0.15, 0.2) is 36.4 Å². The number of carbonyl (C=O) groups excluding carboxylic acids is 2. The Morgan fingerprint density at radius 2 is 1.65 bits per heavy atom. The van der Waals surface area contributed by atoms with Crippen LogP contribution in [0.2, 0.25) is 15.1 Å². The van der Waals surface area contributed by atoms with Gasteiger partial charge in [-0.15, -0.1) is 0 Å². The maximum atomic E-state index is 13.5. The van der Waals surface area contributed by atoms with Crippen LogP contribution in [0.5, 0.6) is 0 Å². The molecule has 0 saturated carbocycles. The van der Waals surface area contributed by atoms with Crippen molar-refractivity contribution in [2.75, 3.05) is 17.1 Å². The maximum Gasteiger partial charge on any atom is 0.244 e. The molecule has 1 N–H and O–H groups in total. The minimum Gasteiger partial charge on any atom is -0.352 e. The second kappa shape index (κ2) is 11.6. The summed E-state index contributed by atoms with van der Waals surface area (Å²) >= 11 is 18.3. The Hall–Kier alpha value is -2.00. The Morgan fingerprint density at radius 1 is 1.00 bits per heavy atom. The molecule has 2 rings (SSSR count). The van der Waals surface area contributed by atoms with E-state index in [2.05, 4.69) is 5.32 Å². The van der Waals surface area contributed by atoms with E-state index in [1.165, 1.54) is 4.90 Å². The van der Waals surface area contributed by atoms with Crippen LogP contribution in [0, 0.1) is 6.92 Å². The molecule has 0 aliphatic rings. The number of halogens is 3. The van der Waals surface area contributed by atoms with E-state index in [0.29, 0.717) is 26.2 Å². The van der Waals surface area contributed by atoms with Gasteiger partial charge in [0, 0.05) is 17.6 Å². The van der Waals surface area contributed by atoms with Crippen molar-refractivity contribution in [1.29, 1.82) is 0 Å². The van der Waals surface area contributed by atoms with Crippen molar-refractivity contribution >= 4 is 62.3 Å². The fourth-order valence-electron chi connectivity index (χ4n) is 3.28. The molecule has 0 heterocycles. The molecule has 0 spiro atoms. The molecule has 2 aromatic rings. The van der Waals surface area contributed by atoms with Crippen LogP contribution in [0.4, 0.5) is 5.69 Å². The third kappa shape index (κ3) is 7.25. The summed E-state index contributed by atoms with van der Waals surface area (Å²) < 4.78 is 26.3. The molecule has 0 unspecified atom stereocenters. The normalized spacial score (nSPS) is 12.4. The molecule has 7 nitrogen and oxygen atoms in total. The molecule has 0 aliphatic carbocycles. The molecular weight excluding hydrogens is 521 g/mol. The van der Waals surface area contributed by atoms with E-state index in [0.717, 1.165) is 10.6 Å². The predicted octanol–water partition coefficient (Wildman–Crippen LogP) is 4.66. The molecule has 34 heavy (non-hydrogen) atoms. The monoisotopic (exact) mass is 547 g/mol. The van der Waals surface area contributed by atoms with Crippen molar-refractivity contribution in [2.24, 2.45) is 0 Å². The van der Waals surface area contributed by atoms with Gasteiger partial charge in [0.05, 0.1) is 22.0 Å². The molecular formula is C23H28Cl3N3O4S. The first-order valence-corrected chi connectivity index (χ1v) is 13.5. The van der Waals surface area contributed by atoms with Gasteiger partial charge >= 0.3 is 0 Å². The SMILES string of the molecule is Cc1c(Cl)cccc1N(CC(=O)N(Cc1ccc(Cl)c(Cl)c1)[C@@H](C)C(=O)NC(C)C)S(C)(=O)=O. The van der Waals surface area contributed by atoms with Crippen molar-refractivity contribution in [3.05, 3.63) is 62.6 Å². The standard InChI is InChI=1S/C23H28Cl3N3O4S/c1-14(2)27-23(31)16(4)28(12-17-9-10-19(25)20(26)11-17)22(30)13-29(34(5,32)33)21-8-6-7-18(24)15(21)3/h6-11,14,16H,12-13H2,1-5H3,(H,27,31)/t16-/m0/s1. The lowest BCUT2D eigenvalue weighted by Crippen LogP contribution is -2.52. The molecule has 1 atom stereocenters. The Balaban J connectivity index is 2.46. The van der Waals surface area contributed by atoms with E-state index in [-0.39, 0.29) is 24.2 Å². The van der Waals surface area contributed by atoms with E-state index in [1.807, 2.05) is 13.8 Å². The van der Waals surface area contributed by atoms with Crippen LogP contribution in [-0.4, -0.2) is 50.0 Å². The number of hydrogen-bond donors (Lipinski definition) is 1. The predicted molar refractivity (Wildman–Crippen MR) is 138 cm³/mol. The van der Waals surface area contributed by atoms with Crippen LogP contribution in [0.1, 0.15) is 31.9 Å². The van der Waals surface area contributed by atoms with E-state index >= 15 is 0 Å². The Labute approximate surface area is 216 Å². The van der Waals surface area contributed by atoms with E-state index < -0.39 is 28.5 Å². The van der Waals surface area contributed by atoms with Crippen LogP contribution < -0.4 is 9.62 Å². The summed E-state index contributed by atoms with van der Waals surface area (Å²) in [6, 6.07) is 8.69. The first-order valence-electron chi connectivity index (χ1n) is 10.5. The smallest absolute Gasteiger partial charge is 0.244 e. The zero-order valence-electron chi connectivity index (χ0n) is 19.6. The highest BCUT2D eigenvalue weighted by Crippen LogP contribution is 2.29. The molecule has 0 aliphatic heterocycles. The van der Waals surface area contributed by atoms with E-state index in [1.54, 1.807) is 50.2 Å². The lowest BCUT2D eigenvalue weighted by Gasteiger charge is -2.32. The van der Waals surface area contributed by atoms with Gasteiger partial charge in [-0.25, -0.2) is 8.42 Å². The quantitative estimate of drug-likeness (QED) is 0.494. The lowest BCUT2D eigenvalue weighted by molar-refractivity contribution is -0.139. The summed E-state index contributed by atoms with van der Waals surface area (Å²) in [6.45, 7) is 6.39. The molecule has 2 aromatic carbocycles. The van der Waals surface area contributed by atoms with E-state index in [4.69, 9.17) is 34.8 Å². The Bertz CT molecular complexity index is 1170. The minimum absolute atomic E-state index is 0.0224. The number of carbonyl (C=O) groups is 2. The number of nitrogens with one attached hydrogen (secondary N) is 1. The summed E-state index contributed by atoms with van der Waals surface area (Å²) in [4.78, 5) is 27.6. The van der Waals surface area contributed by atoms with Gasteiger partial charge in [-0.1, -0.05) is 46.9 Å². The minimum atomic E-state index is -3.85. The molecule has 0 bridgehead atoms. The number of amides is 2. The highest BCUT2D eigenvalue weighted by atomic mass is 35.5. The van der Waals surface area contributed by atoms with Gasteiger partial charge in [-0.3, -0.25) is 13.9 Å². The summed E-state index contributed by atoms with van der Waals surface area (Å²) in [6.07, 6.45) is 1.01. The number of rotatable bonds is 9. The third-order valence-corrected chi connectivity index (χ3v) is 7.40. The summed E-state index contributed by atoms with van der Waals surface area (Å²) in [5, 5.41) is 3.82. The van der Waals surface area contributed by atoms with Gasteiger partial charge in [0.25, 0.3) is 0 Å². The van der Waals surface area contributed by atoms with Crippen molar-refractivity contribution in [3.8, 4) is 0 Å². The number of anilines is 1. The van der Waals surface area contributed by atoms with Crippen LogP contribution >= 0.6 is 34.8 Å². The lowest BCUT2D eigenvalue weighted by atomic mass is 10.1. The molecule has 0 radical (unpaired) electrons. The van der Waals surface area contributed by atoms with Crippen molar-refractivity contribution in [3.63, 3.8) is 0 Å². The second-order valence-electron chi connectivity index (χ2n) is 8.26. The highest BCUT2D eigenvalue weighted by molar-refractivity contribution is 7.92. The van der Waals surface area contributed by atoms with Crippen LogP contribution in [-0.2, 0) is 26.2 Å². The van der Waals surface area contributed by atoms with Gasteiger partial charge < -0.3 is 10.2 Å². The van der Waals surface area contributed by atoms with Crippen molar-refractivity contribution in [1.82, 2.24) is 10.2 Å². The molecule has 0 saturated heterocycles. The van der Waals surface area contributed by atoms with Crippen LogP contribution in [0.3, 0.4) is 0 Å². The summed E-state index contributed by atoms with van der Waals surface area (Å²) in [5.74, 6) is -0.935.